The average molecular weight is 687 g/mol. The lowest BCUT2D eigenvalue weighted by Crippen LogP contribution is -2.02. The van der Waals surface area contributed by atoms with E-state index in [0.717, 1.165) is 38.8 Å². The van der Waals surface area contributed by atoms with Crippen LogP contribution in [0.4, 0.5) is 0 Å². The Labute approximate surface area is 300 Å². The van der Waals surface area contributed by atoms with Crippen LogP contribution in [0.25, 0.3) is 102 Å². The van der Waals surface area contributed by atoms with E-state index in [1.165, 1.54) is 45.7 Å². The summed E-state index contributed by atoms with van der Waals surface area (Å²) in [5.74, 6) is 1.97. The first-order valence-corrected chi connectivity index (χ1v) is 18.6. The third-order valence-electron chi connectivity index (χ3n) is 9.87. The van der Waals surface area contributed by atoms with E-state index in [2.05, 4.69) is 162 Å². The Morgan fingerprint density at radius 3 is 1.80 bits per heavy atom. The van der Waals surface area contributed by atoms with Gasteiger partial charge in [0.05, 0.1) is 11.0 Å². The van der Waals surface area contributed by atoms with Gasteiger partial charge in [0, 0.05) is 73.5 Å². The normalized spacial score (nSPS) is 11.9. The van der Waals surface area contributed by atoms with Crippen molar-refractivity contribution in [3.63, 3.8) is 0 Å². The Balaban J connectivity index is 1.23. The molecule has 0 saturated carbocycles. The minimum atomic E-state index is 0.647. The lowest BCUT2D eigenvalue weighted by molar-refractivity contribution is 1.07. The first kappa shape index (κ1) is 28.6. The first-order valence-electron chi connectivity index (χ1n) is 16.9. The second kappa shape index (κ2) is 11.2. The number of para-hydroxylation sites is 3. The van der Waals surface area contributed by atoms with Crippen molar-refractivity contribution in [3.8, 4) is 39.9 Å². The molecule has 0 unspecified atom stereocenters. The van der Waals surface area contributed by atoms with Gasteiger partial charge in [0.25, 0.3) is 0 Å². The number of rotatable bonds is 4. The minimum Gasteiger partial charge on any atom is -0.309 e. The highest BCUT2D eigenvalue weighted by atomic mass is 32.1. The van der Waals surface area contributed by atoms with Gasteiger partial charge in [0.2, 0.25) is 0 Å². The quantitative estimate of drug-likeness (QED) is 0.185. The Kier molecular flexibility index (Phi) is 6.26. The lowest BCUT2D eigenvalue weighted by Gasteiger charge is -2.13. The van der Waals surface area contributed by atoms with Gasteiger partial charge in [-0.2, -0.15) is 0 Å². The monoisotopic (exact) mass is 686 g/mol. The second-order valence-electron chi connectivity index (χ2n) is 12.8. The van der Waals surface area contributed by atoms with Crippen LogP contribution in [0.15, 0.2) is 158 Å². The van der Waals surface area contributed by atoms with Crippen LogP contribution in [0.3, 0.4) is 0 Å². The van der Waals surface area contributed by atoms with Crippen LogP contribution in [0.1, 0.15) is 0 Å². The number of nitrogens with zero attached hydrogens (tertiary/aromatic N) is 4. The SMILES string of the molecule is c1ccc(-n2c3ccccc3c3cccc(-c4nc(-c5ccc6sc7ccccc7c6c5)nc(-c5cccc6c5sc5ccccc56)n4)c32)cc1. The molecule has 7 aromatic carbocycles. The molecule has 51 heavy (non-hydrogen) atoms. The zero-order chi connectivity index (χ0) is 33.5. The predicted octanol–water partition coefficient (Wildman–Crippen LogP) is 12.7. The predicted molar refractivity (Wildman–Crippen MR) is 216 cm³/mol. The van der Waals surface area contributed by atoms with Crippen LogP contribution in [0, 0.1) is 0 Å². The highest BCUT2D eigenvalue weighted by molar-refractivity contribution is 7.26. The van der Waals surface area contributed by atoms with Crippen LogP contribution in [0.5, 0.6) is 0 Å². The molecule has 238 valence electrons. The van der Waals surface area contributed by atoms with Crippen molar-refractivity contribution in [2.24, 2.45) is 0 Å². The van der Waals surface area contributed by atoms with Crippen molar-refractivity contribution >= 4 is 84.8 Å². The highest BCUT2D eigenvalue weighted by Crippen LogP contribution is 2.42. The summed E-state index contributed by atoms with van der Waals surface area (Å²) in [4.78, 5) is 15.9. The lowest BCUT2D eigenvalue weighted by atomic mass is 10.1. The van der Waals surface area contributed by atoms with Gasteiger partial charge in [0.1, 0.15) is 0 Å². The van der Waals surface area contributed by atoms with E-state index in [0.29, 0.717) is 17.5 Å². The van der Waals surface area contributed by atoms with E-state index < -0.39 is 0 Å². The minimum absolute atomic E-state index is 0.647. The molecule has 0 aliphatic carbocycles. The summed E-state index contributed by atoms with van der Waals surface area (Å²) in [6.07, 6.45) is 0. The van der Waals surface area contributed by atoms with Crippen molar-refractivity contribution in [3.05, 3.63) is 158 Å². The van der Waals surface area contributed by atoms with E-state index in [-0.39, 0.29) is 0 Å². The van der Waals surface area contributed by atoms with Crippen molar-refractivity contribution in [1.82, 2.24) is 19.5 Å². The molecule has 0 atom stereocenters. The molecule has 11 aromatic rings. The van der Waals surface area contributed by atoms with Crippen molar-refractivity contribution in [2.45, 2.75) is 0 Å². The topological polar surface area (TPSA) is 43.6 Å². The van der Waals surface area contributed by atoms with Crippen LogP contribution < -0.4 is 0 Å². The van der Waals surface area contributed by atoms with Crippen molar-refractivity contribution in [2.75, 3.05) is 0 Å². The molecular formula is C45H26N4S2. The van der Waals surface area contributed by atoms with Gasteiger partial charge in [-0.15, -0.1) is 22.7 Å². The standard InChI is InChI=1S/C45H26N4S2/c1-2-12-28(13-3-1)49-37-21-7-4-14-29(37)32-17-10-19-34(41(32)49)44-46-43(27-24-25-40-36(26-27)31-16-6-8-22-38(31)50-40)47-45(48-44)35-20-11-18-33-30-15-5-9-23-39(30)51-42(33)35/h1-26H. The Bertz CT molecular complexity index is 3150. The summed E-state index contributed by atoms with van der Waals surface area (Å²) in [7, 11) is 0. The van der Waals surface area contributed by atoms with Crippen molar-refractivity contribution < 1.29 is 0 Å². The van der Waals surface area contributed by atoms with E-state index >= 15 is 0 Å². The molecule has 4 heterocycles. The molecule has 4 aromatic heterocycles. The largest absolute Gasteiger partial charge is 0.309 e. The molecule has 0 bridgehead atoms. The van der Waals surface area contributed by atoms with Crippen molar-refractivity contribution in [1.29, 1.82) is 0 Å². The fourth-order valence-corrected chi connectivity index (χ4v) is 9.88. The van der Waals surface area contributed by atoms with E-state index in [4.69, 9.17) is 15.0 Å². The Morgan fingerprint density at radius 1 is 0.392 bits per heavy atom. The third-order valence-corrected chi connectivity index (χ3v) is 12.2. The number of benzene rings is 7. The van der Waals surface area contributed by atoms with Gasteiger partial charge in [-0.1, -0.05) is 97.1 Å². The number of aromatic nitrogens is 4. The molecule has 6 heteroatoms. The zero-order valence-corrected chi connectivity index (χ0v) is 28.7. The van der Waals surface area contributed by atoms with E-state index in [9.17, 15) is 0 Å². The van der Waals surface area contributed by atoms with Gasteiger partial charge in [-0.05, 0) is 60.7 Å². The fraction of sp³-hybridized carbons (Fsp3) is 0. The summed E-state index contributed by atoms with van der Waals surface area (Å²) in [5.41, 5.74) is 6.25. The van der Waals surface area contributed by atoms with Crippen LogP contribution in [0.2, 0.25) is 0 Å². The summed E-state index contributed by atoms with van der Waals surface area (Å²) >= 11 is 3.61. The molecule has 0 N–H and O–H groups in total. The van der Waals surface area contributed by atoms with Crippen LogP contribution in [-0.4, -0.2) is 19.5 Å². The third kappa shape index (κ3) is 4.40. The number of fused-ring (bicyclic) bond motifs is 9. The number of hydrogen-bond acceptors (Lipinski definition) is 5. The second-order valence-corrected chi connectivity index (χ2v) is 14.9. The molecule has 0 radical (unpaired) electrons. The van der Waals surface area contributed by atoms with E-state index in [1.54, 1.807) is 11.3 Å². The molecule has 0 amide bonds. The average Bonchev–Trinajstić information content (AvgIpc) is 3.87. The molecule has 0 aliphatic rings. The van der Waals surface area contributed by atoms with Gasteiger partial charge < -0.3 is 4.57 Å². The molecule has 11 rings (SSSR count). The molecule has 0 spiro atoms. The Morgan fingerprint density at radius 2 is 0.980 bits per heavy atom. The van der Waals surface area contributed by atoms with Crippen LogP contribution in [-0.2, 0) is 0 Å². The fourth-order valence-electron chi connectivity index (χ4n) is 7.58. The maximum Gasteiger partial charge on any atom is 0.166 e. The number of hydrogen-bond donors (Lipinski definition) is 0. The van der Waals surface area contributed by atoms with Gasteiger partial charge in [-0.25, -0.2) is 15.0 Å². The maximum atomic E-state index is 5.35. The molecule has 0 aliphatic heterocycles. The van der Waals surface area contributed by atoms with Gasteiger partial charge in [0.15, 0.2) is 17.5 Å². The molecule has 4 nitrogen and oxygen atoms in total. The van der Waals surface area contributed by atoms with Crippen LogP contribution >= 0.6 is 22.7 Å². The molecular weight excluding hydrogens is 661 g/mol. The zero-order valence-electron chi connectivity index (χ0n) is 27.1. The van der Waals surface area contributed by atoms with E-state index in [1.807, 2.05) is 11.3 Å². The molecule has 0 fully saturated rings. The van der Waals surface area contributed by atoms with Gasteiger partial charge in [-0.3, -0.25) is 0 Å². The summed E-state index contributed by atoms with van der Waals surface area (Å²) in [5, 5.41) is 7.29. The van der Waals surface area contributed by atoms with Gasteiger partial charge >= 0.3 is 0 Å². The maximum absolute atomic E-state index is 5.35. The summed E-state index contributed by atoms with van der Waals surface area (Å²) < 4.78 is 7.30. The highest BCUT2D eigenvalue weighted by Gasteiger charge is 2.21. The number of thiophene rings is 2. The Hall–Kier alpha value is -6.21. The molecule has 0 saturated heterocycles. The smallest absolute Gasteiger partial charge is 0.166 e. The summed E-state index contributed by atoms with van der Waals surface area (Å²) in [6.45, 7) is 0. The first-order chi connectivity index (χ1) is 25.3. The summed E-state index contributed by atoms with van der Waals surface area (Å²) in [6, 6.07) is 56.0.